The number of aliphatic hydroxyl groups excluding tert-OH is 1. The number of aromatic amines is 1. The largest absolute Gasteiger partial charge is 0.491 e. The van der Waals surface area contributed by atoms with Gasteiger partial charge in [0.15, 0.2) is 0 Å². The summed E-state index contributed by atoms with van der Waals surface area (Å²) in [6.07, 6.45) is 1.48. The van der Waals surface area contributed by atoms with Gasteiger partial charge in [-0.1, -0.05) is 26.0 Å². The summed E-state index contributed by atoms with van der Waals surface area (Å²) in [4.78, 5) is 7.94. The Kier molecular flexibility index (Phi) is 6.69. The molecule has 0 bridgehead atoms. The van der Waals surface area contributed by atoms with Gasteiger partial charge in [-0.3, -0.25) is 9.80 Å². The second-order valence-electron chi connectivity index (χ2n) is 7.67. The standard InChI is InChI=1S/C22H31N3O2/c1-17(2)21-8-7-20(14-18(21)3)27-16-19(26)15-24-10-12-25(13-11-24)22-6-4-5-9-23-22/h4-9,14,17,19,26H,10-13,15-16H2,1-3H3/p+1/t19-/m0/s1. The first-order valence-corrected chi connectivity index (χ1v) is 9.88. The molecule has 27 heavy (non-hydrogen) atoms. The fraction of sp³-hybridized carbons (Fsp3) is 0.500. The predicted molar refractivity (Wildman–Crippen MR) is 108 cm³/mol. The van der Waals surface area contributed by atoms with Gasteiger partial charge < -0.3 is 9.84 Å². The van der Waals surface area contributed by atoms with Crippen molar-refractivity contribution in [1.82, 2.24) is 4.90 Å². The number of β-amino-alcohol motifs (C(OH)–C–C–N with tert-alkyl or cyclic N) is 1. The van der Waals surface area contributed by atoms with E-state index in [-0.39, 0.29) is 0 Å². The first-order chi connectivity index (χ1) is 13.0. The fourth-order valence-corrected chi connectivity index (χ4v) is 3.68. The number of aliphatic hydroxyl groups is 1. The monoisotopic (exact) mass is 370 g/mol. The Morgan fingerprint density at radius 1 is 1.11 bits per heavy atom. The third kappa shape index (κ3) is 5.44. The molecule has 0 spiro atoms. The molecule has 1 aliphatic rings. The van der Waals surface area contributed by atoms with Gasteiger partial charge in [-0.25, -0.2) is 4.98 Å². The topological polar surface area (TPSA) is 50.1 Å². The maximum atomic E-state index is 10.4. The van der Waals surface area contributed by atoms with E-state index < -0.39 is 6.10 Å². The SMILES string of the molecule is Cc1cc(OC[C@@H](O)CN2CCN(c3cccc[nH+]3)CC2)ccc1C(C)C. The van der Waals surface area contributed by atoms with Crippen LogP contribution in [0.4, 0.5) is 5.82 Å². The van der Waals surface area contributed by atoms with Gasteiger partial charge in [0.25, 0.3) is 5.82 Å². The highest BCUT2D eigenvalue weighted by Crippen LogP contribution is 2.23. The van der Waals surface area contributed by atoms with E-state index in [4.69, 9.17) is 4.74 Å². The lowest BCUT2D eigenvalue weighted by Crippen LogP contribution is -2.50. The molecule has 146 valence electrons. The van der Waals surface area contributed by atoms with Crippen LogP contribution in [-0.2, 0) is 0 Å². The molecule has 2 aromatic rings. The Labute approximate surface area is 162 Å². The molecule has 1 aromatic heterocycles. The minimum atomic E-state index is -0.482. The van der Waals surface area contributed by atoms with E-state index in [0.717, 1.165) is 37.7 Å². The smallest absolute Gasteiger partial charge is 0.274 e. The van der Waals surface area contributed by atoms with Crippen molar-refractivity contribution >= 4 is 5.82 Å². The molecule has 5 nitrogen and oxygen atoms in total. The second-order valence-corrected chi connectivity index (χ2v) is 7.67. The number of aryl methyl sites for hydroxylation is 1. The Balaban J connectivity index is 1.42. The van der Waals surface area contributed by atoms with Crippen molar-refractivity contribution in [2.24, 2.45) is 0 Å². The van der Waals surface area contributed by atoms with E-state index in [2.05, 4.69) is 59.8 Å². The number of hydrogen-bond donors (Lipinski definition) is 1. The van der Waals surface area contributed by atoms with Crippen LogP contribution in [0.3, 0.4) is 0 Å². The van der Waals surface area contributed by atoms with Crippen molar-refractivity contribution in [1.29, 1.82) is 0 Å². The molecular formula is C22H32N3O2+. The van der Waals surface area contributed by atoms with E-state index in [1.165, 1.54) is 11.1 Å². The van der Waals surface area contributed by atoms with Crippen LogP contribution in [0.2, 0.25) is 0 Å². The number of rotatable bonds is 7. The maximum absolute atomic E-state index is 10.4. The van der Waals surface area contributed by atoms with Gasteiger partial charge in [-0.15, -0.1) is 0 Å². The van der Waals surface area contributed by atoms with Crippen LogP contribution in [0.5, 0.6) is 5.75 Å². The highest BCUT2D eigenvalue weighted by atomic mass is 16.5. The molecular weight excluding hydrogens is 338 g/mol. The number of H-pyrrole nitrogens is 1. The summed E-state index contributed by atoms with van der Waals surface area (Å²) in [7, 11) is 0. The highest BCUT2D eigenvalue weighted by Gasteiger charge is 2.24. The first kappa shape index (κ1) is 19.6. The molecule has 1 aromatic carbocycles. The van der Waals surface area contributed by atoms with Crippen LogP contribution in [0, 0.1) is 6.92 Å². The van der Waals surface area contributed by atoms with Crippen molar-refractivity contribution < 1.29 is 14.8 Å². The van der Waals surface area contributed by atoms with Gasteiger partial charge in [0.05, 0.1) is 19.3 Å². The van der Waals surface area contributed by atoms with E-state index in [0.29, 0.717) is 19.1 Å². The molecule has 2 N–H and O–H groups in total. The molecule has 0 amide bonds. The zero-order valence-corrected chi connectivity index (χ0v) is 16.7. The predicted octanol–water partition coefficient (Wildman–Crippen LogP) is 2.49. The summed E-state index contributed by atoms with van der Waals surface area (Å²) in [6, 6.07) is 12.3. The second kappa shape index (κ2) is 9.20. The lowest BCUT2D eigenvalue weighted by Gasteiger charge is -2.32. The summed E-state index contributed by atoms with van der Waals surface area (Å²) in [5.74, 6) is 2.50. The Morgan fingerprint density at radius 3 is 2.52 bits per heavy atom. The summed E-state index contributed by atoms with van der Waals surface area (Å²) < 4.78 is 5.82. The van der Waals surface area contributed by atoms with Gasteiger partial charge in [-0.05, 0) is 42.2 Å². The van der Waals surface area contributed by atoms with E-state index >= 15 is 0 Å². The van der Waals surface area contributed by atoms with Crippen molar-refractivity contribution in [2.75, 3.05) is 44.2 Å². The quantitative estimate of drug-likeness (QED) is 0.814. The summed E-state index contributed by atoms with van der Waals surface area (Å²) in [5, 5.41) is 10.4. The number of ether oxygens (including phenoxy) is 1. The van der Waals surface area contributed by atoms with Crippen LogP contribution >= 0.6 is 0 Å². The molecule has 0 saturated carbocycles. The molecule has 1 saturated heterocycles. The molecule has 5 heteroatoms. The Bertz CT molecular complexity index is 713. The van der Waals surface area contributed by atoms with Crippen molar-refractivity contribution in [3.8, 4) is 5.75 Å². The number of anilines is 1. The van der Waals surface area contributed by atoms with Crippen LogP contribution in [-0.4, -0.2) is 55.4 Å². The summed E-state index contributed by atoms with van der Waals surface area (Å²) in [6.45, 7) is 11.3. The Morgan fingerprint density at radius 2 is 1.89 bits per heavy atom. The maximum Gasteiger partial charge on any atom is 0.274 e. The molecule has 3 rings (SSSR count). The van der Waals surface area contributed by atoms with Crippen LogP contribution in [0.1, 0.15) is 30.9 Å². The van der Waals surface area contributed by atoms with E-state index in [9.17, 15) is 5.11 Å². The summed E-state index contributed by atoms with van der Waals surface area (Å²) in [5.41, 5.74) is 2.59. The van der Waals surface area contributed by atoms with Crippen molar-refractivity contribution in [2.45, 2.75) is 32.8 Å². The number of nitrogens with zero attached hydrogens (tertiary/aromatic N) is 2. The van der Waals surface area contributed by atoms with Gasteiger partial charge in [0.2, 0.25) is 0 Å². The zero-order chi connectivity index (χ0) is 19.2. The molecule has 1 atom stereocenters. The van der Waals surface area contributed by atoms with Gasteiger partial charge in [-0.2, -0.15) is 0 Å². The Hall–Kier alpha value is -2.11. The third-order valence-electron chi connectivity index (χ3n) is 5.18. The number of nitrogens with one attached hydrogen (secondary N) is 1. The van der Waals surface area contributed by atoms with Crippen molar-refractivity contribution in [3.05, 3.63) is 53.7 Å². The lowest BCUT2D eigenvalue weighted by atomic mass is 9.98. The molecule has 0 unspecified atom stereocenters. The number of piperazine rings is 1. The molecule has 0 aliphatic carbocycles. The highest BCUT2D eigenvalue weighted by molar-refractivity contribution is 5.36. The summed E-state index contributed by atoms with van der Waals surface area (Å²) >= 11 is 0. The lowest BCUT2D eigenvalue weighted by molar-refractivity contribution is -0.364. The fourth-order valence-electron chi connectivity index (χ4n) is 3.68. The minimum Gasteiger partial charge on any atom is -0.491 e. The normalized spacial score (nSPS) is 16.6. The number of pyridine rings is 1. The molecule has 2 heterocycles. The number of aromatic nitrogens is 1. The van der Waals surface area contributed by atoms with Crippen LogP contribution in [0.15, 0.2) is 42.6 Å². The zero-order valence-electron chi connectivity index (χ0n) is 16.7. The van der Waals surface area contributed by atoms with Gasteiger partial charge >= 0.3 is 0 Å². The van der Waals surface area contributed by atoms with Crippen LogP contribution < -0.4 is 14.6 Å². The van der Waals surface area contributed by atoms with E-state index in [1.807, 2.05) is 18.3 Å². The third-order valence-corrected chi connectivity index (χ3v) is 5.18. The van der Waals surface area contributed by atoms with Gasteiger partial charge in [0, 0.05) is 25.7 Å². The van der Waals surface area contributed by atoms with Gasteiger partial charge in [0.1, 0.15) is 18.5 Å². The molecule has 1 fully saturated rings. The average molecular weight is 371 g/mol. The average Bonchev–Trinajstić information content (AvgIpc) is 2.67. The minimum absolute atomic E-state index is 0.327. The van der Waals surface area contributed by atoms with E-state index in [1.54, 1.807) is 0 Å². The number of benzene rings is 1. The molecule has 0 radical (unpaired) electrons. The van der Waals surface area contributed by atoms with Crippen LogP contribution in [0.25, 0.3) is 0 Å². The first-order valence-electron chi connectivity index (χ1n) is 9.88. The van der Waals surface area contributed by atoms with Crippen molar-refractivity contribution in [3.63, 3.8) is 0 Å². The molecule has 1 aliphatic heterocycles. The number of hydrogen-bond acceptors (Lipinski definition) is 4.